The number of sulfonamides is 1. The van der Waals surface area contributed by atoms with Gasteiger partial charge in [0.25, 0.3) is 0 Å². The topological polar surface area (TPSA) is 62.6 Å². The molecule has 0 saturated heterocycles. The van der Waals surface area contributed by atoms with Gasteiger partial charge in [0.05, 0.1) is 6.54 Å². The molecule has 1 heterocycles. The van der Waals surface area contributed by atoms with Crippen LogP contribution in [0.4, 0.5) is 0 Å². The van der Waals surface area contributed by atoms with Gasteiger partial charge in [-0.15, -0.1) is 0 Å². The molecule has 0 fully saturated rings. The molecule has 0 amide bonds. The number of nitrogens with zero attached hydrogens (tertiary/aromatic N) is 1. The standard InChI is InChI=1S/C15H28N2O3S/c1-6-8-12(3)17(5)21(18,19)15-10-14(20-13(15)4)11-16-9-7-2/h10,12,16H,6-9,11H2,1-5H3. The van der Waals surface area contributed by atoms with Crippen LogP contribution < -0.4 is 5.32 Å². The molecule has 6 heteroatoms. The van der Waals surface area contributed by atoms with Crippen molar-refractivity contribution >= 4 is 10.0 Å². The highest BCUT2D eigenvalue weighted by Gasteiger charge is 2.28. The molecule has 1 N–H and O–H groups in total. The van der Waals surface area contributed by atoms with Crippen LogP contribution in [0.5, 0.6) is 0 Å². The van der Waals surface area contributed by atoms with E-state index in [1.165, 1.54) is 4.31 Å². The molecule has 122 valence electrons. The van der Waals surface area contributed by atoms with Gasteiger partial charge in [-0.2, -0.15) is 4.31 Å². The molecule has 0 aliphatic heterocycles. The lowest BCUT2D eigenvalue weighted by Crippen LogP contribution is -2.35. The van der Waals surface area contributed by atoms with Gasteiger partial charge in [-0.3, -0.25) is 0 Å². The summed E-state index contributed by atoms with van der Waals surface area (Å²) in [5, 5.41) is 3.21. The largest absolute Gasteiger partial charge is 0.464 e. The van der Waals surface area contributed by atoms with Crippen LogP contribution in [0, 0.1) is 6.92 Å². The van der Waals surface area contributed by atoms with E-state index in [-0.39, 0.29) is 10.9 Å². The van der Waals surface area contributed by atoms with E-state index < -0.39 is 10.0 Å². The highest BCUT2D eigenvalue weighted by atomic mass is 32.2. The van der Waals surface area contributed by atoms with Gasteiger partial charge in [0.2, 0.25) is 10.0 Å². The highest BCUT2D eigenvalue weighted by molar-refractivity contribution is 7.89. The predicted molar refractivity (Wildman–Crippen MR) is 84.8 cm³/mol. The first kappa shape index (κ1) is 18.2. The van der Waals surface area contributed by atoms with Crippen molar-refractivity contribution in [3.8, 4) is 0 Å². The summed E-state index contributed by atoms with van der Waals surface area (Å²) in [5.74, 6) is 1.12. The number of hydrogen-bond donors (Lipinski definition) is 1. The van der Waals surface area contributed by atoms with E-state index >= 15 is 0 Å². The van der Waals surface area contributed by atoms with Crippen LogP contribution in [0.2, 0.25) is 0 Å². The number of hydrogen-bond acceptors (Lipinski definition) is 4. The molecule has 21 heavy (non-hydrogen) atoms. The molecular weight excluding hydrogens is 288 g/mol. The van der Waals surface area contributed by atoms with Gasteiger partial charge in [0, 0.05) is 19.2 Å². The molecule has 0 saturated carbocycles. The van der Waals surface area contributed by atoms with E-state index in [9.17, 15) is 8.42 Å². The molecule has 0 aliphatic carbocycles. The van der Waals surface area contributed by atoms with E-state index in [0.29, 0.717) is 18.1 Å². The Balaban J connectivity index is 2.92. The number of aryl methyl sites for hydroxylation is 1. The Morgan fingerprint density at radius 3 is 2.57 bits per heavy atom. The Morgan fingerprint density at radius 1 is 1.33 bits per heavy atom. The van der Waals surface area contributed by atoms with Crippen LogP contribution in [0.25, 0.3) is 0 Å². The van der Waals surface area contributed by atoms with Crippen LogP contribution in [-0.4, -0.2) is 32.4 Å². The Morgan fingerprint density at radius 2 is 2.00 bits per heavy atom. The maximum absolute atomic E-state index is 12.7. The highest BCUT2D eigenvalue weighted by Crippen LogP contribution is 2.25. The first-order chi connectivity index (χ1) is 9.84. The smallest absolute Gasteiger partial charge is 0.246 e. The number of furan rings is 1. The Bertz CT molecular complexity index is 537. The minimum Gasteiger partial charge on any atom is -0.464 e. The van der Waals surface area contributed by atoms with Gasteiger partial charge >= 0.3 is 0 Å². The summed E-state index contributed by atoms with van der Waals surface area (Å²) in [6.45, 7) is 9.21. The fourth-order valence-corrected chi connectivity index (χ4v) is 3.82. The second kappa shape index (κ2) is 7.96. The van der Waals surface area contributed by atoms with Crippen LogP contribution in [0.1, 0.15) is 51.6 Å². The lowest BCUT2D eigenvalue weighted by Gasteiger charge is -2.23. The lowest BCUT2D eigenvalue weighted by atomic mass is 10.2. The third kappa shape index (κ3) is 4.56. The molecule has 0 aliphatic rings. The summed E-state index contributed by atoms with van der Waals surface area (Å²) >= 11 is 0. The van der Waals surface area contributed by atoms with Crippen LogP contribution in [0.15, 0.2) is 15.4 Å². The minimum atomic E-state index is -3.49. The van der Waals surface area contributed by atoms with Crippen molar-refractivity contribution in [2.75, 3.05) is 13.6 Å². The summed E-state index contributed by atoms with van der Waals surface area (Å²) in [7, 11) is -1.85. The summed E-state index contributed by atoms with van der Waals surface area (Å²) in [4.78, 5) is 0.279. The normalized spacial score (nSPS) is 13.8. The number of nitrogens with one attached hydrogen (secondary N) is 1. The monoisotopic (exact) mass is 316 g/mol. The molecule has 1 aromatic heterocycles. The third-order valence-electron chi connectivity index (χ3n) is 3.63. The average molecular weight is 316 g/mol. The summed E-state index contributed by atoms with van der Waals surface area (Å²) < 4.78 is 32.3. The fourth-order valence-electron chi connectivity index (χ4n) is 2.25. The maximum atomic E-state index is 12.7. The first-order valence-electron chi connectivity index (χ1n) is 7.62. The van der Waals surface area contributed by atoms with E-state index in [1.54, 1.807) is 20.0 Å². The molecule has 0 radical (unpaired) electrons. The minimum absolute atomic E-state index is 0.0176. The zero-order valence-electron chi connectivity index (χ0n) is 13.8. The van der Waals surface area contributed by atoms with Crippen molar-refractivity contribution in [3.63, 3.8) is 0 Å². The molecule has 0 aromatic carbocycles. The average Bonchev–Trinajstić information content (AvgIpc) is 2.80. The van der Waals surface area contributed by atoms with E-state index in [1.807, 2.05) is 6.92 Å². The molecule has 1 rings (SSSR count). The number of rotatable bonds is 9. The van der Waals surface area contributed by atoms with Crippen LogP contribution >= 0.6 is 0 Å². The van der Waals surface area contributed by atoms with Crippen molar-refractivity contribution < 1.29 is 12.8 Å². The van der Waals surface area contributed by atoms with E-state index in [4.69, 9.17) is 4.42 Å². The Kier molecular flexibility index (Phi) is 6.90. The molecule has 0 spiro atoms. The van der Waals surface area contributed by atoms with Crippen LogP contribution in [0.3, 0.4) is 0 Å². The SMILES string of the molecule is CCCNCc1cc(S(=O)(=O)N(C)C(C)CCC)c(C)o1. The van der Waals surface area contributed by atoms with Gasteiger partial charge in [0.1, 0.15) is 16.4 Å². The predicted octanol–water partition coefficient (Wildman–Crippen LogP) is 2.90. The Hall–Kier alpha value is -0.850. The van der Waals surface area contributed by atoms with Gasteiger partial charge in [-0.05, 0) is 33.2 Å². The molecule has 1 unspecified atom stereocenters. The van der Waals surface area contributed by atoms with Crippen LogP contribution in [-0.2, 0) is 16.6 Å². The second-order valence-electron chi connectivity index (χ2n) is 5.47. The molecule has 1 aromatic rings. The molecule has 0 bridgehead atoms. The van der Waals surface area contributed by atoms with Gasteiger partial charge < -0.3 is 9.73 Å². The lowest BCUT2D eigenvalue weighted by molar-refractivity contribution is 0.367. The summed E-state index contributed by atoms with van der Waals surface area (Å²) in [5.41, 5.74) is 0. The first-order valence-corrected chi connectivity index (χ1v) is 9.06. The zero-order valence-corrected chi connectivity index (χ0v) is 14.6. The summed E-state index contributed by atoms with van der Waals surface area (Å²) in [6.07, 6.45) is 2.83. The van der Waals surface area contributed by atoms with Crippen molar-refractivity contribution in [2.24, 2.45) is 0 Å². The van der Waals surface area contributed by atoms with Crippen molar-refractivity contribution in [1.82, 2.24) is 9.62 Å². The Labute approximate surface area is 128 Å². The molecule has 5 nitrogen and oxygen atoms in total. The van der Waals surface area contributed by atoms with Gasteiger partial charge in [-0.25, -0.2) is 8.42 Å². The van der Waals surface area contributed by atoms with Crippen molar-refractivity contribution in [3.05, 3.63) is 17.6 Å². The molecular formula is C15H28N2O3S. The van der Waals surface area contributed by atoms with Gasteiger partial charge in [-0.1, -0.05) is 20.3 Å². The third-order valence-corrected chi connectivity index (χ3v) is 5.71. The quantitative estimate of drug-likeness (QED) is 0.712. The van der Waals surface area contributed by atoms with E-state index in [2.05, 4.69) is 19.2 Å². The maximum Gasteiger partial charge on any atom is 0.246 e. The van der Waals surface area contributed by atoms with Crippen molar-refractivity contribution in [1.29, 1.82) is 0 Å². The van der Waals surface area contributed by atoms with Gasteiger partial charge in [0.15, 0.2) is 0 Å². The fraction of sp³-hybridized carbons (Fsp3) is 0.733. The van der Waals surface area contributed by atoms with E-state index in [0.717, 1.165) is 25.8 Å². The summed E-state index contributed by atoms with van der Waals surface area (Å²) in [6, 6.07) is 1.62. The molecule has 1 atom stereocenters. The van der Waals surface area contributed by atoms with Crippen molar-refractivity contribution in [2.45, 2.75) is 64.4 Å². The second-order valence-corrected chi connectivity index (χ2v) is 7.43. The zero-order chi connectivity index (χ0) is 16.0.